The summed E-state index contributed by atoms with van der Waals surface area (Å²) in [7, 11) is 0. The maximum absolute atomic E-state index is 12.3. The van der Waals surface area contributed by atoms with E-state index < -0.39 is 5.97 Å². The van der Waals surface area contributed by atoms with Crippen LogP contribution in [0, 0.1) is 5.92 Å². The summed E-state index contributed by atoms with van der Waals surface area (Å²) in [6, 6.07) is 8.17. The number of rotatable bonds is 12. The number of carboxylic acids is 1. The molecule has 0 spiro atoms. The normalized spacial score (nSPS) is 22.0. The molecule has 2 rings (SSSR count). The number of unbranched alkanes of at least 4 members (excludes halogenated alkanes) is 3. The van der Waals surface area contributed by atoms with E-state index in [-0.39, 0.29) is 17.6 Å². The van der Waals surface area contributed by atoms with Gasteiger partial charge in [0.25, 0.3) is 0 Å². The second kappa shape index (κ2) is 12.1. The maximum atomic E-state index is 12.3. The smallest absolute Gasteiger partial charge is 0.303 e. The fourth-order valence-electron chi connectivity index (χ4n) is 4.08. The molecule has 4 heteroatoms. The minimum Gasteiger partial charge on any atom is -0.481 e. The van der Waals surface area contributed by atoms with Crippen molar-refractivity contribution in [1.29, 1.82) is 0 Å². The molecule has 0 radical (unpaired) electrons. The zero-order chi connectivity index (χ0) is 20.4. The molecule has 0 bridgehead atoms. The van der Waals surface area contributed by atoms with Gasteiger partial charge in [0.2, 0.25) is 0 Å². The second-order valence-corrected chi connectivity index (χ2v) is 8.42. The molecule has 3 nitrogen and oxygen atoms in total. The van der Waals surface area contributed by atoms with Gasteiger partial charge in [-0.15, -0.1) is 11.6 Å². The number of carbonyl (C=O) groups is 2. The lowest BCUT2D eigenvalue weighted by molar-refractivity contribution is -0.137. The van der Waals surface area contributed by atoms with Crippen molar-refractivity contribution in [2.45, 2.75) is 82.4 Å². The number of aliphatic carboxylic acids is 1. The number of halogens is 1. The second-order valence-electron chi connectivity index (χ2n) is 7.86. The summed E-state index contributed by atoms with van der Waals surface area (Å²) in [5, 5.41) is 8.85. The van der Waals surface area contributed by atoms with Crippen LogP contribution in [0.1, 0.15) is 93.0 Å². The predicted molar refractivity (Wildman–Crippen MR) is 115 cm³/mol. The molecule has 1 aliphatic rings. The van der Waals surface area contributed by atoms with E-state index in [0.717, 1.165) is 50.5 Å². The molecule has 0 saturated heterocycles. The first-order valence-corrected chi connectivity index (χ1v) is 11.1. The zero-order valence-corrected chi connectivity index (χ0v) is 17.7. The number of carbonyl (C=O) groups excluding carboxylic acids is 1. The van der Waals surface area contributed by atoms with Crippen LogP contribution in [0.5, 0.6) is 0 Å². The molecule has 1 aromatic rings. The lowest BCUT2D eigenvalue weighted by atomic mass is 9.86. The Labute approximate surface area is 174 Å². The number of carboxylic acid groups (broad SMARTS) is 1. The topological polar surface area (TPSA) is 54.4 Å². The predicted octanol–water partition coefficient (Wildman–Crippen LogP) is 6.75. The third-order valence-electron chi connectivity index (χ3n) is 5.74. The Morgan fingerprint density at radius 3 is 2.50 bits per heavy atom. The van der Waals surface area contributed by atoms with E-state index in [1.165, 1.54) is 5.56 Å². The Morgan fingerprint density at radius 1 is 1.07 bits per heavy atom. The molecule has 0 aromatic heterocycles. The SMILES string of the molecule is CCCCCC(=O)c1ccc([C@H]2CC[C@@H](Cl)[C@@H]2C/C=C\CCCC(=O)O)cc1. The fourth-order valence-corrected chi connectivity index (χ4v) is 4.49. The number of alkyl halides is 1. The molecule has 3 atom stereocenters. The van der Waals surface area contributed by atoms with Gasteiger partial charge < -0.3 is 5.11 Å². The monoisotopic (exact) mass is 404 g/mol. The Kier molecular flexibility index (Phi) is 9.77. The number of Topliss-reactive ketones (excluding diaryl/α,β-unsaturated/α-hetero) is 1. The first kappa shape index (κ1) is 22.7. The van der Waals surface area contributed by atoms with Crippen LogP contribution in [0.25, 0.3) is 0 Å². The van der Waals surface area contributed by atoms with Crippen LogP contribution in [-0.2, 0) is 4.79 Å². The minimum absolute atomic E-state index is 0.170. The molecule has 1 aromatic carbocycles. The van der Waals surface area contributed by atoms with E-state index in [1.807, 2.05) is 12.1 Å². The lowest BCUT2D eigenvalue weighted by Gasteiger charge is -2.21. The summed E-state index contributed by atoms with van der Waals surface area (Å²) >= 11 is 6.59. The highest BCUT2D eigenvalue weighted by atomic mass is 35.5. The Hall–Kier alpha value is -1.61. The largest absolute Gasteiger partial charge is 0.481 e. The van der Waals surface area contributed by atoms with Gasteiger partial charge in [-0.25, -0.2) is 0 Å². The lowest BCUT2D eigenvalue weighted by Crippen LogP contribution is -2.13. The van der Waals surface area contributed by atoms with Crippen LogP contribution in [-0.4, -0.2) is 22.2 Å². The van der Waals surface area contributed by atoms with Crippen molar-refractivity contribution >= 4 is 23.4 Å². The molecule has 28 heavy (non-hydrogen) atoms. The van der Waals surface area contributed by atoms with E-state index in [0.29, 0.717) is 24.7 Å². The number of allylic oxidation sites excluding steroid dienone is 2. The summed E-state index contributed by atoms with van der Waals surface area (Å²) in [5.41, 5.74) is 2.09. The molecule has 0 heterocycles. The molecule has 1 fully saturated rings. The van der Waals surface area contributed by atoms with Crippen LogP contribution in [0.3, 0.4) is 0 Å². The van der Waals surface area contributed by atoms with E-state index >= 15 is 0 Å². The third-order valence-corrected chi connectivity index (χ3v) is 6.28. The molecule has 1 saturated carbocycles. The average Bonchev–Trinajstić information content (AvgIpc) is 3.05. The van der Waals surface area contributed by atoms with Crippen molar-refractivity contribution in [3.8, 4) is 0 Å². The van der Waals surface area contributed by atoms with Crippen molar-refractivity contribution in [3.63, 3.8) is 0 Å². The van der Waals surface area contributed by atoms with Crippen molar-refractivity contribution in [3.05, 3.63) is 47.5 Å². The summed E-state index contributed by atoms with van der Waals surface area (Å²) in [6.45, 7) is 2.15. The molecule has 154 valence electrons. The Morgan fingerprint density at radius 2 is 1.82 bits per heavy atom. The maximum Gasteiger partial charge on any atom is 0.303 e. The molecule has 0 aliphatic heterocycles. The van der Waals surface area contributed by atoms with Gasteiger partial charge in [0.05, 0.1) is 0 Å². The summed E-state index contributed by atoms with van der Waals surface area (Å²) in [5.74, 6) is 0.318. The highest BCUT2D eigenvalue weighted by molar-refractivity contribution is 6.21. The molecular weight excluding hydrogens is 372 g/mol. The molecule has 1 aliphatic carbocycles. The molecule has 0 unspecified atom stereocenters. The zero-order valence-electron chi connectivity index (χ0n) is 16.9. The van der Waals surface area contributed by atoms with Crippen LogP contribution >= 0.6 is 11.6 Å². The summed E-state index contributed by atoms with van der Waals surface area (Å²) < 4.78 is 0. The van der Waals surface area contributed by atoms with Crippen LogP contribution in [0.2, 0.25) is 0 Å². The van der Waals surface area contributed by atoms with Gasteiger partial charge in [-0.1, -0.05) is 56.2 Å². The van der Waals surface area contributed by atoms with Gasteiger partial charge in [-0.3, -0.25) is 9.59 Å². The van der Waals surface area contributed by atoms with Crippen LogP contribution in [0.4, 0.5) is 0 Å². The standard InChI is InChI=1S/C24H33ClO3/c1-2-3-6-10-23(26)19-14-12-18(13-15-19)20-16-17-22(25)21(20)9-7-4-5-8-11-24(27)28/h4,7,12-15,20-22H,2-3,5-6,8-11,16-17H2,1H3,(H,27,28)/b7-4-/t20-,21-,22-/m1/s1. The van der Waals surface area contributed by atoms with Gasteiger partial charge in [-0.2, -0.15) is 0 Å². The van der Waals surface area contributed by atoms with Crippen molar-refractivity contribution in [2.75, 3.05) is 0 Å². The minimum atomic E-state index is -0.739. The highest BCUT2D eigenvalue weighted by Crippen LogP contribution is 2.44. The first-order valence-electron chi connectivity index (χ1n) is 10.7. The van der Waals surface area contributed by atoms with E-state index in [9.17, 15) is 9.59 Å². The number of hydrogen-bond acceptors (Lipinski definition) is 2. The number of benzene rings is 1. The Bertz CT molecular complexity index is 650. The molecule has 1 N–H and O–H groups in total. The van der Waals surface area contributed by atoms with E-state index in [1.54, 1.807) is 0 Å². The van der Waals surface area contributed by atoms with Gasteiger partial charge in [0.1, 0.15) is 0 Å². The van der Waals surface area contributed by atoms with Gasteiger partial charge in [0.15, 0.2) is 5.78 Å². The van der Waals surface area contributed by atoms with Crippen molar-refractivity contribution < 1.29 is 14.7 Å². The van der Waals surface area contributed by atoms with Crippen LogP contribution < -0.4 is 0 Å². The van der Waals surface area contributed by atoms with Crippen molar-refractivity contribution in [2.24, 2.45) is 5.92 Å². The van der Waals surface area contributed by atoms with Gasteiger partial charge in [0, 0.05) is 23.8 Å². The van der Waals surface area contributed by atoms with Crippen molar-refractivity contribution in [1.82, 2.24) is 0 Å². The van der Waals surface area contributed by atoms with E-state index in [4.69, 9.17) is 16.7 Å². The van der Waals surface area contributed by atoms with Gasteiger partial charge in [-0.05, 0) is 55.9 Å². The average molecular weight is 405 g/mol. The fraction of sp³-hybridized carbons (Fsp3) is 0.583. The highest BCUT2D eigenvalue weighted by Gasteiger charge is 2.34. The Balaban J connectivity index is 1.90. The third kappa shape index (κ3) is 7.09. The van der Waals surface area contributed by atoms with Gasteiger partial charge >= 0.3 is 5.97 Å². The first-order chi connectivity index (χ1) is 13.5. The molecule has 0 amide bonds. The quantitative estimate of drug-likeness (QED) is 0.181. The summed E-state index contributed by atoms with van der Waals surface area (Å²) in [6.07, 6.45) is 12.8. The van der Waals surface area contributed by atoms with Crippen LogP contribution in [0.15, 0.2) is 36.4 Å². The molecular formula is C24H33ClO3. The number of ketones is 1. The van der Waals surface area contributed by atoms with E-state index in [2.05, 4.69) is 31.2 Å². The summed E-state index contributed by atoms with van der Waals surface area (Å²) in [4.78, 5) is 22.8. The number of hydrogen-bond donors (Lipinski definition) is 1.